The van der Waals surface area contributed by atoms with Crippen molar-refractivity contribution in [2.24, 2.45) is 12.2 Å². The van der Waals surface area contributed by atoms with Gasteiger partial charge in [0.1, 0.15) is 11.3 Å². The van der Waals surface area contributed by atoms with E-state index in [-0.39, 0.29) is 10.4 Å². The zero-order valence-electron chi connectivity index (χ0n) is 13.4. The van der Waals surface area contributed by atoms with Crippen LogP contribution < -0.4 is 4.74 Å². The lowest BCUT2D eigenvalue weighted by Crippen LogP contribution is -2.34. The second kappa shape index (κ2) is 6.69. The first-order chi connectivity index (χ1) is 12.2. The number of alkyl halides is 7. The minimum atomic E-state index is -5.89. The summed E-state index contributed by atoms with van der Waals surface area (Å²) < 4.78 is 122. The zero-order valence-corrected chi connectivity index (χ0v) is 14.2. The molecular weight excluding hydrogens is 415 g/mol. The molecule has 1 aromatic rings. The van der Waals surface area contributed by atoms with Crippen LogP contribution in [0.15, 0.2) is 17.0 Å². The number of aromatic nitrogens is 2. The Kier molecular flexibility index (Phi) is 5.20. The maximum absolute atomic E-state index is 14.7. The fourth-order valence-corrected chi connectivity index (χ4v) is 3.31. The molecular formula is C12H10F7N3O4S. The van der Waals surface area contributed by atoms with E-state index in [0.29, 0.717) is 7.05 Å². The number of aryl methyl sites for hydroxylation is 1. The molecule has 1 aliphatic heterocycles. The number of rotatable bonds is 4. The van der Waals surface area contributed by atoms with Crippen LogP contribution in [0.4, 0.5) is 30.7 Å². The van der Waals surface area contributed by atoms with Gasteiger partial charge >= 0.3 is 18.0 Å². The van der Waals surface area contributed by atoms with Gasteiger partial charge in [-0.05, 0) is 13.0 Å². The quantitative estimate of drug-likeness (QED) is 0.693. The molecule has 0 N–H and O–H groups in total. The Hall–Kier alpha value is -2.32. The predicted octanol–water partition coefficient (Wildman–Crippen LogP) is 3.14. The number of oxime groups is 1. The summed E-state index contributed by atoms with van der Waals surface area (Å²) in [7, 11) is -5.28. The van der Waals surface area contributed by atoms with E-state index in [4.69, 9.17) is 0 Å². The van der Waals surface area contributed by atoms with Crippen LogP contribution in [0.5, 0.6) is 5.88 Å². The van der Waals surface area contributed by atoms with Crippen LogP contribution >= 0.6 is 0 Å². The summed E-state index contributed by atoms with van der Waals surface area (Å²) in [6, 6.07) is 0. The van der Waals surface area contributed by atoms with E-state index in [2.05, 4.69) is 19.8 Å². The molecule has 0 unspecified atom stereocenters. The van der Waals surface area contributed by atoms with Gasteiger partial charge in [0.15, 0.2) is 10.7 Å². The van der Waals surface area contributed by atoms with E-state index in [9.17, 15) is 39.2 Å². The molecule has 7 nitrogen and oxygen atoms in total. The number of allylic oxidation sites excluding steroid dienone is 2. The molecule has 0 saturated carbocycles. The van der Waals surface area contributed by atoms with Crippen LogP contribution in [0, 0.1) is 0 Å². The summed E-state index contributed by atoms with van der Waals surface area (Å²) in [4.78, 5) is 4.47. The molecule has 0 fully saturated rings. The van der Waals surface area contributed by atoms with Crippen molar-refractivity contribution in [3.8, 4) is 5.88 Å². The molecule has 2 rings (SSSR count). The predicted molar refractivity (Wildman–Crippen MR) is 74.5 cm³/mol. The summed E-state index contributed by atoms with van der Waals surface area (Å²) in [6.07, 6.45) is -5.14. The molecule has 2 heterocycles. The van der Waals surface area contributed by atoms with Crippen LogP contribution in [0.3, 0.4) is 0 Å². The highest BCUT2D eigenvalue weighted by atomic mass is 32.2. The summed E-state index contributed by atoms with van der Waals surface area (Å²) in [5.74, 6) is -1.90. The third-order valence-corrected chi connectivity index (χ3v) is 5.03. The molecule has 0 aromatic carbocycles. The van der Waals surface area contributed by atoms with Crippen LogP contribution in [-0.2, 0) is 33.2 Å². The molecule has 0 radical (unpaired) electrons. The number of hydrogen-bond acceptors (Lipinski definition) is 6. The molecule has 0 spiro atoms. The van der Waals surface area contributed by atoms with Gasteiger partial charge in [0.05, 0.1) is 6.42 Å². The molecule has 1 aromatic heterocycles. The standard InChI is InChI=1S/C12H10F7N3O4S/c1-3-5-4-6(21-26-5)27(23,24)12(18,19)7-8(11(15,16)17)20-22(2)9(7)25-10(13)14/h3,10H,4H2,1-2H3/b5-3-. The van der Waals surface area contributed by atoms with Gasteiger partial charge in [-0.3, -0.25) is 0 Å². The molecule has 15 heteroatoms. The lowest BCUT2D eigenvalue weighted by atomic mass is 10.2. The Morgan fingerprint density at radius 1 is 1.26 bits per heavy atom. The van der Waals surface area contributed by atoms with Gasteiger partial charge in [0.2, 0.25) is 5.88 Å². The molecule has 1 aliphatic rings. The van der Waals surface area contributed by atoms with E-state index in [1.54, 1.807) is 0 Å². The van der Waals surface area contributed by atoms with Crippen LogP contribution in [0.25, 0.3) is 0 Å². The lowest BCUT2D eigenvalue weighted by molar-refractivity contribution is -0.144. The van der Waals surface area contributed by atoms with Crippen molar-refractivity contribution in [3.05, 3.63) is 23.1 Å². The largest absolute Gasteiger partial charge is 0.435 e. The number of sulfone groups is 1. The minimum absolute atomic E-state index is 0.0575. The fraction of sp³-hybridized carbons (Fsp3) is 0.500. The number of ether oxygens (including phenoxy) is 1. The van der Waals surface area contributed by atoms with Crippen molar-refractivity contribution in [2.45, 2.75) is 31.4 Å². The first kappa shape index (κ1) is 21.0. The van der Waals surface area contributed by atoms with Gasteiger partial charge in [0, 0.05) is 7.05 Å². The zero-order chi connectivity index (χ0) is 20.8. The van der Waals surface area contributed by atoms with Crippen molar-refractivity contribution in [3.63, 3.8) is 0 Å². The lowest BCUT2D eigenvalue weighted by Gasteiger charge is -2.18. The normalized spacial score (nSPS) is 17.4. The van der Waals surface area contributed by atoms with E-state index in [1.807, 2.05) is 0 Å². The first-order valence-electron chi connectivity index (χ1n) is 6.84. The number of halogens is 7. The van der Waals surface area contributed by atoms with Crippen LogP contribution in [-0.4, -0.2) is 29.9 Å². The van der Waals surface area contributed by atoms with E-state index in [0.717, 1.165) is 0 Å². The molecule has 27 heavy (non-hydrogen) atoms. The molecule has 0 amide bonds. The number of nitrogens with zero attached hydrogens (tertiary/aromatic N) is 3. The molecule has 152 valence electrons. The maximum Gasteiger partial charge on any atom is 0.435 e. The third-order valence-electron chi connectivity index (χ3n) is 3.31. The Morgan fingerprint density at radius 2 is 1.85 bits per heavy atom. The fourth-order valence-electron chi connectivity index (χ4n) is 2.09. The molecule has 0 saturated heterocycles. The van der Waals surface area contributed by atoms with E-state index in [1.165, 1.54) is 13.0 Å². The monoisotopic (exact) mass is 425 g/mol. The minimum Gasteiger partial charge on any atom is -0.417 e. The van der Waals surface area contributed by atoms with Gasteiger partial charge < -0.3 is 9.57 Å². The summed E-state index contributed by atoms with van der Waals surface area (Å²) in [5, 5.41) is -1.02. The number of hydrogen-bond donors (Lipinski definition) is 0. The maximum atomic E-state index is 14.7. The van der Waals surface area contributed by atoms with Gasteiger partial charge in [-0.15, -0.1) is 0 Å². The average molecular weight is 425 g/mol. The first-order valence-corrected chi connectivity index (χ1v) is 8.32. The third kappa shape index (κ3) is 3.59. The highest BCUT2D eigenvalue weighted by molar-refractivity contribution is 8.06. The molecule has 0 bridgehead atoms. The highest BCUT2D eigenvalue weighted by Gasteiger charge is 2.59. The van der Waals surface area contributed by atoms with E-state index < -0.39 is 56.5 Å². The molecule has 0 atom stereocenters. The summed E-state index contributed by atoms with van der Waals surface area (Å²) >= 11 is 0. The Balaban J connectivity index is 2.70. The van der Waals surface area contributed by atoms with Crippen molar-refractivity contribution in [2.75, 3.05) is 0 Å². The SMILES string of the molecule is C/C=C1/CC(S(=O)(=O)C(F)(F)c2c(C(F)(F)F)nn(C)c2OC(F)F)=NO1. The summed E-state index contributed by atoms with van der Waals surface area (Å²) in [5.41, 5.74) is -4.76. The Bertz CT molecular complexity index is 903. The average Bonchev–Trinajstić information content (AvgIpc) is 3.12. The smallest absolute Gasteiger partial charge is 0.417 e. The second-order valence-corrected chi connectivity index (χ2v) is 7.05. The highest BCUT2D eigenvalue weighted by Crippen LogP contribution is 2.48. The van der Waals surface area contributed by atoms with Gasteiger partial charge in [-0.1, -0.05) is 5.16 Å². The van der Waals surface area contributed by atoms with Gasteiger partial charge in [-0.25, -0.2) is 13.1 Å². The van der Waals surface area contributed by atoms with Crippen LogP contribution in [0.1, 0.15) is 24.6 Å². The van der Waals surface area contributed by atoms with Crippen molar-refractivity contribution < 1.29 is 48.7 Å². The van der Waals surface area contributed by atoms with Crippen molar-refractivity contribution >= 4 is 14.9 Å². The second-order valence-electron chi connectivity index (χ2n) is 5.06. The van der Waals surface area contributed by atoms with Crippen molar-refractivity contribution in [1.29, 1.82) is 0 Å². The Labute approximate surface area is 146 Å². The van der Waals surface area contributed by atoms with Gasteiger partial charge in [0.25, 0.3) is 9.84 Å². The van der Waals surface area contributed by atoms with E-state index >= 15 is 0 Å². The Morgan fingerprint density at radius 3 is 2.30 bits per heavy atom. The van der Waals surface area contributed by atoms with Crippen LogP contribution in [0.2, 0.25) is 0 Å². The van der Waals surface area contributed by atoms with Gasteiger partial charge in [-0.2, -0.15) is 35.8 Å². The van der Waals surface area contributed by atoms with Crippen molar-refractivity contribution in [1.82, 2.24) is 9.78 Å². The summed E-state index contributed by atoms with van der Waals surface area (Å²) in [6.45, 7) is -2.45. The molecule has 0 aliphatic carbocycles. The topological polar surface area (TPSA) is 82.8 Å².